The van der Waals surface area contributed by atoms with Gasteiger partial charge in [0.15, 0.2) is 0 Å². The van der Waals surface area contributed by atoms with Crippen LogP contribution in [0.1, 0.15) is 64.1 Å². The van der Waals surface area contributed by atoms with Crippen LogP contribution in [0.25, 0.3) is 0 Å². The van der Waals surface area contributed by atoms with Gasteiger partial charge in [-0.2, -0.15) is 0 Å². The molecule has 1 aliphatic rings. The number of benzene rings is 3. The maximum atomic E-state index is 12.8. The van der Waals surface area contributed by atoms with Crippen molar-refractivity contribution in [3.8, 4) is 0 Å². The summed E-state index contributed by atoms with van der Waals surface area (Å²) < 4.78 is 0. The fraction of sp³-hybridized carbons (Fsp3) is 0.333. The average Bonchev–Trinajstić information content (AvgIpc) is 2.90. The molecule has 2 N–H and O–H groups in total. The third-order valence-electron chi connectivity index (χ3n) is 7.39. The minimum atomic E-state index is -0.413. The van der Waals surface area contributed by atoms with Crippen LogP contribution in [0.15, 0.2) is 78.9 Å². The summed E-state index contributed by atoms with van der Waals surface area (Å²) in [5, 5.41) is 0. The number of rotatable bonds is 8. The topological polar surface area (TPSA) is 66.6 Å². The Balaban J connectivity index is 1.65. The molecule has 1 heterocycles. The molecule has 5 heteroatoms. The van der Waals surface area contributed by atoms with Crippen LogP contribution in [0.3, 0.4) is 0 Å². The van der Waals surface area contributed by atoms with Gasteiger partial charge in [-0.05, 0) is 80.7 Å². The molecule has 1 fully saturated rings. The third kappa shape index (κ3) is 5.30. The monoisotopic (exact) mass is 469 g/mol. The summed E-state index contributed by atoms with van der Waals surface area (Å²) in [6.07, 6.45) is 1.84. The quantitative estimate of drug-likeness (QED) is 0.513. The van der Waals surface area contributed by atoms with E-state index in [1.54, 1.807) is 6.07 Å². The van der Waals surface area contributed by atoms with E-state index in [1.807, 2.05) is 49.1 Å². The average molecular weight is 470 g/mol. The number of hydrogen-bond donors (Lipinski definition) is 1. The first kappa shape index (κ1) is 24.7. The van der Waals surface area contributed by atoms with Crippen molar-refractivity contribution in [3.05, 3.63) is 107 Å². The highest BCUT2D eigenvalue weighted by Crippen LogP contribution is 2.42. The lowest BCUT2D eigenvalue weighted by molar-refractivity contribution is 0.0772. The SMILES string of the molecule is CCN(CC)C(=O)c1ccc(C2(c3cccc(C(N)=O)c3)CCN(Cc3ccccc3)CC2)cc1. The molecule has 3 aromatic carbocycles. The van der Waals surface area contributed by atoms with Crippen LogP contribution >= 0.6 is 0 Å². The van der Waals surface area contributed by atoms with E-state index in [-0.39, 0.29) is 11.3 Å². The fourth-order valence-corrected chi connectivity index (χ4v) is 5.27. The van der Waals surface area contributed by atoms with Crippen molar-refractivity contribution in [2.24, 2.45) is 5.73 Å². The van der Waals surface area contributed by atoms with Crippen molar-refractivity contribution < 1.29 is 9.59 Å². The van der Waals surface area contributed by atoms with E-state index in [0.29, 0.717) is 24.2 Å². The number of nitrogens with zero attached hydrogens (tertiary/aromatic N) is 2. The van der Waals surface area contributed by atoms with Gasteiger partial charge in [0.1, 0.15) is 0 Å². The van der Waals surface area contributed by atoms with Crippen molar-refractivity contribution in [1.82, 2.24) is 9.80 Å². The van der Waals surface area contributed by atoms with Crippen molar-refractivity contribution in [3.63, 3.8) is 0 Å². The Labute approximate surface area is 208 Å². The summed E-state index contributed by atoms with van der Waals surface area (Å²) in [5.74, 6) is -0.354. The van der Waals surface area contributed by atoms with Crippen LogP contribution in [0, 0.1) is 0 Å². The van der Waals surface area contributed by atoms with Crippen LogP contribution in [-0.2, 0) is 12.0 Å². The molecule has 1 saturated heterocycles. The Morgan fingerprint density at radius 2 is 1.49 bits per heavy atom. The standard InChI is InChI=1S/C30H35N3O2/c1-3-33(4-2)29(35)24-13-15-26(16-14-24)30(27-12-8-11-25(21-27)28(31)34)17-19-32(20-18-30)22-23-9-6-5-7-10-23/h5-16,21H,3-4,17-20,22H2,1-2H3,(H2,31,34). The number of carbonyl (C=O) groups excluding carboxylic acids is 2. The van der Waals surface area contributed by atoms with E-state index in [1.165, 1.54) is 11.1 Å². The largest absolute Gasteiger partial charge is 0.366 e. The Kier molecular flexibility index (Phi) is 7.67. The number of hydrogen-bond acceptors (Lipinski definition) is 3. The molecule has 3 aromatic rings. The van der Waals surface area contributed by atoms with Crippen molar-refractivity contribution in [1.29, 1.82) is 0 Å². The molecule has 2 amide bonds. The summed E-state index contributed by atoms with van der Waals surface area (Å²) in [7, 11) is 0. The Bertz CT molecular complexity index is 1150. The normalized spacial score (nSPS) is 15.5. The molecule has 35 heavy (non-hydrogen) atoms. The highest BCUT2D eigenvalue weighted by Gasteiger charge is 2.38. The van der Waals surface area contributed by atoms with Gasteiger partial charge in [-0.15, -0.1) is 0 Å². The van der Waals surface area contributed by atoms with E-state index in [9.17, 15) is 9.59 Å². The molecule has 0 bridgehead atoms. The molecular formula is C30H35N3O2. The maximum absolute atomic E-state index is 12.8. The number of primary amides is 1. The molecule has 0 atom stereocenters. The molecule has 0 saturated carbocycles. The molecule has 4 rings (SSSR count). The minimum absolute atomic E-state index is 0.0593. The van der Waals surface area contributed by atoms with Gasteiger partial charge in [-0.25, -0.2) is 0 Å². The highest BCUT2D eigenvalue weighted by molar-refractivity contribution is 5.94. The molecule has 1 aliphatic heterocycles. The van der Waals surface area contributed by atoms with Crippen LogP contribution in [-0.4, -0.2) is 47.8 Å². The highest BCUT2D eigenvalue weighted by atomic mass is 16.2. The molecular weight excluding hydrogens is 434 g/mol. The first-order valence-corrected chi connectivity index (χ1v) is 12.5. The predicted octanol–water partition coefficient (Wildman–Crippen LogP) is 4.85. The van der Waals surface area contributed by atoms with Crippen molar-refractivity contribution >= 4 is 11.8 Å². The van der Waals surface area contributed by atoms with Gasteiger partial charge in [0.2, 0.25) is 5.91 Å². The van der Waals surface area contributed by atoms with Crippen LogP contribution < -0.4 is 5.73 Å². The zero-order valence-electron chi connectivity index (χ0n) is 20.7. The van der Waals surface area contributed by atoms with E-state index in [4.69, 9.17) is 5.73 Å². The zero-order chi connectivity index (χ0) is 24.8. The number of nitrogens with two attached hydrogens (primary N) is 1. The second-order valence-electron chi connectivity index (χ2n) is 9.34. The lowest BCUT2D eigenvalue weighted by atomic mass is 9.67. The second-order valence-corrected chi connectivity index (χ2v) is 9.34. The molecule has 0 aromatic heterocycles. The van der Waals surface area contributed by atoms with Gasteiger partial charge in [0.05, 0.1) is 0 Å². The van der Waals surface area contributed by atoms with E-state index in [2.05, 4.69) is 47.4 Å². The summed E-state index contributed by atoms with van der Waals surface area (Å²) in [4.78, 5) is 29.1. The van der Waals surface area contributed by atoms with E-state index < -0.39 is 5.91 Å². The molecule has 182 valence electrons. The summed E-state index contributed by atoms with van der Waals surface area (Å²) in [6.45, 7) is 8.19. The smallest absolute Gasteiger partial charge is 0.253 e. The molecule has 0 unspecified atom stereocenters. The Morgan fingerprint density at radius 3 is 2.09 bits per heavy atom. The molecule has 5 nitrogen and oxygen atoms in total. The van der Waals surface area contributed by atoms with Gasteiger partial charge < -0.3 is 10.6 Å². The van der Waals surface area contributed by atoms with Gasteiger partial charge in [-0.1, -0.05) is 54.6 Å². The number of carbonyl (C=O) groups is 2. The molecule has 0 aliphatic carbocycles. The summed E-state index contributed by atoms with van der Waals surface area (Å²) in [6, 6.07) is 26.4. The van der Waals surface area contributed by atoms with Crippen molar-refractivity contribution in [2.45, 2.75) is 38.6 Å². The second kappa shape index (κ2) is 10.9. The molecule has 0 radical (unpaired) electrons. The zero-order valence-corrected chi connectivity index (χ0v) is 20.7. The predicted molar refractivity (Wildman–Crippen MR) is 140 cm³/mol. The Hall–Kier alpha value is -3.44. The van der Waals surface area contributed by atoms with Gasteiger partial charge in [0.25, 0.3) is 5.91 Å². The third-order valence-corrected chi connectivity index (χ3v) is 7.39. The summed E-state index contributed by atoms with van der Waals surface area (Å²) in [5.41, 5.74) is 10.2. The number of likely N-dealkylation sites (tertiary alicyclic amines) is 1. The number of piperidine rings is 1. The van der Waals surface area contributed by atoms with E-state index in [0.717, 1.165) is 38.0 Å². The van der Waals surface area contributed by atoms with Gasteiger partial charge >= 0.3 is 0 Å². The minimum Gasteiger partial charge on any atom is -0.366 e. The first-order chi connectivity index (χ1) is 17.0. The van der Waals surface area contributed by atoms with Gasteiger partial charge in [-0.3, -0.25) is 14.5 Å². The first-order valence-electron chi connectivity index (χ1n) is 12.5. The lowest BCUT2D eigenvalue weighted by Crippen LogP contribution is -2.43. The number of amides is 2. The lowest BCUT2D eigenvalue weighted by Gasteiger charge is -2.43. The fourth-order valence-electron chi connectivity index (χ4n) is 5.27. The van der Waals surface area contributed by atoms with Gasteiger partial charge in [0, 0.05) is 36.2 Å². The van der Waals surface area contributed by atoms with Crippen LogP contribution in [0.5, 0.6) is 0 Å². The van der Waals surface area contributed by atoms with Crippen LogP contribution in [0.4, 0.5) is 0 Å². The summed E-state index contributed by atoms with van der Waals surface area (Å²) >= 11 is 0. The van der Waals surface area contributed by atoms with Crippen molar-refractivity contribution in [2.75, 3.05) is 26.2 Å². The maximum Gasteiger partial charge on any atom is 0.253 e. The van der Waals surface area contributed by atoms with Crippen LogP contribution in [0.2, 0.25) is 0 Å². The Morgan fingerprint density at radius 1 is 0.829 bits per heavy atom. The van der Waals surface area contributed by atoms with E-state index >= 15 is 0 Å². The molecule has 0 spiro atoms.